The van der Waals surface area contributed by atoms with Crippen LogP contribution in [0.15, 0.2) is 0 Å². The van der Waals surface area contributed by atoms with Crippen molar-refractivity contribution in [3.05, 3.63) is 0 Å². The Morgan fingerprint density at radius 2 is 1.50 bits per heavy atom. The summed E-state index contributed by atoms with van der Waals surface area (Å²) in [4.78, 5) is 0. The van der Waals surface area contributed by atoms with Gasteiger partial charge >= 0.3 is 10.4 Å². The Morgan fingerprint density at radius 1 is 1.00 bits per heavy atom. The van der Waals surface area contributed by atoms with Gasteiger partial charge in [-0.1, -0.05) is 0 Å². The second-order valence-electron chi connectivity index (χ2n) is 1.53. The molecule has 74 valence electrons. The van der Waals surface area contributed by atoms with Crippen LogP contribution in [0.2, 0.25) is 0 Å². The molecule has 0 unspecified atom stereocenters. The Bertz CT molecular complexity index is 277. The minimum Gasteiger partial charge on any atom is -0.272 e. The quantitative estimate of drug-likeness (QED) is 0.538. The zero-order valence-electron chi connectivity index (χ0n) is 6.38. The molecule has 0 atom stereocenters. The van der Waals surface area contributed by atoms with Crippen molar-refractivity contribution in [1.29, 1.82) is 0 Å². The van der Waals surface area contributed by atoms with E-state index in [1.54, 1.807) is 0 Å². The lowest BCUT2D eigenvalue weighted by Gasteiger charge is -2.01. The molecule has 0 N–H and O–H groups in total. The van der Waals surface area contributed by atoms with Gasteiger partial charge in [-0.2, -0.15) is 16.8 Å². The Labute approximate surface area is 70.7 Å². The Kier molecular flexibility index (Phi) is 4.06. The van der Waals surface area contributed by atoms with Crippen LogP contribution >= 0.6 is 0 Å². The van der Waals surface area contributed by atoms with Gasteiger partial charge in [0.15, 0.2) is 5.94 Å². The maximum Gasteiger partial charge on any atom is 0.400 e. The van der Waals surface area contributed by atoms with E-state index in [0.29, 0.717) is 0 Å². The summed E-state index contributed by atoms with van der Waals surface area (Å²) in [5.74, 6) is -1.10. The topological polar surface area (TPSA) is 96.0 Å². The summed E-state index contributed by atoms with van der Waals surface area (Å²) >= 11 is 0. The zero-order chi connectivity index (χ0) is 9.83. The van der Waals surface area contributed by atoms with E-state index in [1.165, 1.54) is 0 Å². The summed E-state index contributed by atoms with van der Waals surface area (Å²) < 4.78 is 53.4. The number of hydrogen-bond donors (Lipinski definition) is 0. The molecule has 0 saturated heterocycles. The minimum atomic E-state index is -4.22. The van der Waals surface area contributed by atoms with Gasteiger partial charge in [0.1, 0.15) is 0 Å². The molecule has 0 aromatic carbocycles. The van der Waals surface area contributed by atoms with Crippen LogP contribution < -0.4 is 0 Å². The van der Waals surface area contributed by atoms with Crippen LogP contribution in [0, 0.1) is 0 Å². The van der Waals surface area contributed by atoms with Crippen molar-refractivity contribution in [3.63, 3.8) is 0 Å². The lowest BCUT2D eigenvalue weighted by Crippen LogP contribution is -2.16. The second-order valence-corrected chi connectivity index (χ2v) is 4.60. The smallest absolute Gasteiger partial charge is 0.272 e. The molecule has 0 heterocycles. The first-order chi connectivity index (χ1) is 5.33. The molecule has 0 aliphatic heterocycles. The van der Waals surface area contributed by atoms with Crippen LogP contribution in [-0.4, -0.2) is 37.0 Å². The summed E-state index contributed by atoms with van der Waals surface area (Å²) in [5, 5.41) is 0. The van der Waals surface area contributed by atoms with Crippen LogP contribution in [0.25, 0.3) is 0 Å². The van der Waals surface area contributed by atoms with Gasteiger partial charge in [0, 0.05) is 0 Å². The standard InChI is InChI=1S/C3H8O7S2/c1-8-11(4,5)3-10-12(6,7)9-2/h3H2,1-2H3. The molecular weight excluding hydrogens is 212 g/mol. The normalized spacial score (nSPS) is 13.2. The van der Waals surface area contributed by atoms with Gasteiger partial charge in [-0.05, 0) is 0 Å². The average molecular weight is 220 g/mol. The van der Waals surface area contributed by atoms with Crippen molar-refractivity contribution in [2.45, 2.75) is 0 Å². The first-order valence-electron chi connectivity index (χ1n) is 2.56. The minimum absolute atomic E-state index is 0.842. The molecule has 0 fully saturated rings. The predicted molar refractivity (Wildman–Crippen MR) is 37.8 cm³/mol. The van der Waals surface area contributed by atoms with Gasteiger partial charge in [0.2, 0.25) is 0 Å². The predicted octanol–water partition coefficient (Wildman–Crippen LogP) is -1.17. The highest BCUT2D eigenvalue weighted by Gasteiger charge is 2.16. The summed E-state index contributed by atoms with van der Waals surface area (Å²) in [6.45, 7) is 0. The first-order valence-corrected chi connectivity index (χ1v) is 5.47. The van der Waals surface area contributed by atoms with E-state index in [9.17, 15) is 16.8 Å². The summed E-state index contributed by atoms with van der Waals surface area (Å²) in [5.41, 5.74) is 0. The van der Waals surface area contributed by atoms with Crippen LogP contribution in [0.3, 0.4) is 0 Å². The van der Waals surface area contributed by atoms with E-state index in [0.717, 1.165) is 14.2 Å². The molecule has 7 nitrogen and oxygen atoms in total. The lowest BCUT2D eigenvalue weighted by molar-refractivity contribution is 0.261. The van der Waals surface area contributed by atoms with Crippen molar-refractivity contribution < 1.29 is 29.4 Å². The van der Waals surface area contributed by atoms with Crippen molar-refractivity contribution >= 4 is 20.5 Å². The molecule has 0 saturated carbocycles. The average Bonchev–Trinajstić information content (AvgIpc) is 2.02. The molecular formula is C3H8O7S2. The SMILES string of the molecule is COS(=O)(=O)COS(=O)(=O)OC. The highest BCUT2D eigenvalue weighted by Crippen LogP contribution is 1.98. The van der Waals surface area contributed by atoms with Gasteiger partial charge in [-0.25, -0.2) is 4.18 Å². The van der Waals surface area contributed by atoms with Crippen LogP contribution in [0.5, 0.6) is 0 Å². The maximum atomic E-state index is 10.5. The van der Waals surface area contributed by atoms with Crippen LogP contribution in [0.4, 0.5) is 0 Å². The molecule has 0 amide bonds. The van der Waals surface area contributed by atoms with Crippen molar-refractivity contribution in [2.24, 2.45) is 0 Å². The molecule has 0 aliphatic rings. The highest BCUT2D eigenvalue weighted by atomic mass is 32.3. The third-order valence-electron chi connectivity index (χ3n) is 0.795. The van der Waals surface area contributed by atoms with E-state index in [1.807, 2.05) is 0 Å². The molecule has 0 radical (unpaired) electrons. The fourth-order valence-electron chi connectivity index (χ4n) is 0.214. The second kappa shape index (κ2) is 4.14. The van der Waals surface area contributed by atoms with Crippen LogP contribution in [0.1, 0.15) is 0 Å². The van der Waals surface area contributed by atoms with Gasteiger partial charge in [0.05, 0.1) is 14.2 Å². The third-order valence-corrected chi connectivity index (χ3v) is 2.67. The van der Waals surface area contributed by atoms with Gasteiger partial charge < -0.3 is 0 Å². The summed E-state index contributed by atoms with van der Waals surface area (Å²) in [6, 6.07) is 0. The number of hydrogen-bond acceptors (Lipinski definition) is 7. The Morgan fingerprint density at radius 3 is 1.83 bits per heavy atom. The van der Waals surface area contributed by atoms with Crippen molar-refractivity contribution in [3.8, 4) is 0 Å². The molecule has 0 aliphatic carbocycles. The molecule has 9 heteroatoms. The Balaban J connectivity index is 4.20. The summed E-state index contributed by atoms with van der Waals surface area (Å²) in [7, 11) is -6.44. The van der Waals surface area contributed by atoms with E-state index < -0.39 is 26.5 Å². The van der Waals surface area contributed by atoms with Crippen molar-refractivity contribution in [2.75, 3.05) is 20.2 Å². The molecule has 0 rings (SSSR count). The highest BCUT2D eigenvalue weighted by molar-refractivity contribution is 7.87. The van der Waals surface area contributed by atoms with E-state index in [4.69, 9.17) is 0 Å². The molecule has 0 aromatic heterocycles. The van der Waals surface area contributed by atoms with E-state index >= 15 is 0 Å². The lowest BCUT2D eigenvalue weighted by atomic mass is 11.7. The molecule has 0 aromatic rings. The monoisotopic (exact) mass is 220 g/mol. The van der Waals surface area contributed by atoms with E-state index in [2.05, 4.69) is 12.5 Å². The summed E-state index contributed by atoms with van der Waals surface area (Å²) in [6.07, 6.45) is 0. The van der Waals surface area contributed by atoms with Gasteiger partial charge in [-0.15, -0.1) is 0 Å². The fraction of sp³-hybridized carbons (Fsp3) is 1.00. The Hall–Kier alpha value is -0.220. The van der Waals surface area contributed by atoms with Gasteiger partial charge in [-0.3, -0.25) is 8.37 Å². The molecule has 12 heavy (non-hydrogen) atoms. The van der Waals surface area contributed by atoms with E-state index in [-0.39, 0.29) is 0 Å². The fourth-order valence-corrected chi connectivity index (χ4v) is 1.35. The zero-order valence-corrected chi connectivity index (χ0v) is 8.01. The largest absolute Gasteiger partial charge is 0.400 e. The first kappa shape index (κ1) is 11.8. The third kappa shape index (κ3) is 4.62. The number of rotatable bonds is 5. The van der Waals surface area contributed by atoms with Crippen LogP contribution in [-0.2, 0) is 33.1 Å². The molecule has 0 bridgehead atoms. The van der Waals surface area contributed by atoms with Crippen molar-refractivity contribution in [1.82, 2.24) is 0 Å². The maximum absolute atomic E-state index is 10.5. The van der Waals surface area contributed by atoms with Gasteiger partial charge in [0.25, 0.3) is 10.1 Å². The molecule has 0 spiro atoms.